The first-order chi connectivity index (χ1) is 7.90. The molecule has 3 heterocycles. The SMILES string of the molecule is CCn1nccc1C1NCCc2ccoc21. The van der Waals surface area contributed by atoms with Crippen molar-refractivity contribution in [1.29, 1.82) is 0 Å². The predicted molar refractivity (Wildman–Crippen MR) is 60.2 cm³/mol. The Morgan fingerprint density at radius 1 is 1.56 bits per heavy atom. The molecule has 0 amide bonds. The number of nitrogens with zero attached hydrogens (tertiary/aromatic N) is 2. The number of hydrogen-bond donors (Lipinski definition) is 1. The normalized spacial score (nSPS) is 19.7. The summed E-state index contributed by atoms with van der Waals surface area (Å²) in [6.45, 7) is 3.98. The molecule has 1 N–H and O–H groups in total. The molecule has 4 heteroatoms. The van der Waals surface area contributed by atoms with Gasteiger partial charge in [0.15, 0.2) is 0 Å². The molecule has 0 saturated heterocycles. The molecule has 16 heavy (non-hydrogen) atoms. The molecule has 84 valence electrons. The molecule has 0 fully saturated rings. The standard InChI is InChI=1S/C12H15N3O/c1-2-15-10(4-7-14-15)11-12-9(3-6-13-11)5-8-16-12/h4-5,7-8,11,13H,2-3,6H2,1H3. The second-order valence-electron chi connectivity index (χ2n) is 4.02. The second kappa shape index (κ2) is 3.79. The lowest BCUT2D eigenvalue weighted by Crippen LogP contribution is -2.31. The van der Waals surface area contributed by atoms with Gasteiger partial charge in [-0.05, 0) is 31.0 Å². The number of aryl methyl sites for hydroxylation is 1. The molecule has 2 aromatic rings. The fourth-order valence-corrected chi connectivity index (χ4v) is 2.34. The first-order valence-electron chi connectivity index (χ1n) is 5.71. The van der Waals surface area contributed by atoms with Gasteiger partial charge in [-0.15, -0.1) is 0 Å². The van der Waals surface area contributed by atoms with Gasteiger partial charge in [-0.2, -0.15) is 5.10 Å². The first-order valence-corrected chi connectivity index (χ1v) is 5.71. The zero-order valence-electron chi connectivity index (χ0n) is 9.31. The van der Waals surface area contributed by atoms with Crippen molar-refractivity contribution in [3.05, 3.63) is 41.6 Å². The van der Waals surface area contributed by atoms with Crippen molar-refractivity contribution in [3.8, 4) is 0 Å². The minimum atomic E-state index is 0.154. The summed E-state index contributed by atoms with van der Waals surface area (Å²) in [5.41, 5.74) is 2.49. The maximum absolute atomic E-state index is 5.59. The Balaban J connectivity index is 2.04. The number of furan rings is 1. The largest absolute Gasteiger partial charge is 0.467 e. The third kappa shape index (κ3) is 1.38. The van der Waals surface area contributed by atoms with Crippen LogP contribution in [0.4, 0.5) is 0 Å². The van der Waals surface area contributed by atoms with Crippen LogP contribution < -0.4 is 5.32 Å². The maximum Gasteiger partial charge on any atom is 0.130 e. The highest BCUT2D eigenvalue weighted by Crippen LogP contribution is 2.29. The highest BCUT2D eigenvalue weighted by atomic mass is 16.3. The van der Waals surface area contributed by atoms with E-state index in [0.717, 1.165) is 25.3 Å². The van der Waals surface area contributed by atoms with E-state index in [1.54, 1.807) is 6.26 Å². The molecule has 4 nitrogen and oxygen atoms in total. The van der Waals surface area contributed by atoms with Gasteiger partial charge < -0.3 is 9.73 Å². The lowest BCUT2D eigenvalue weighted by atomic mass is 10.0. The van der Waals surface area contributed by atoms with Gasteiger partial charge in [0.25, 0.3) is 0 Å². The van der Waals surface area contributed by atoms with Crippen LogP contribution in [0.5, 0.6) is 0 Å². The minimum absolute atomic E-state index is 0.154. The Morgan fingerprint density at radius 3 is 3.38 bits per heavy atom. The van der Waals surface area contributed by atoms with Gasteiger partial charge in [-0.1, -0.05) is 0 Å². The zero-order chi connectivity index (χ0) is 11.0. The molecule has 1 atom stereocenters. The molecule has 0 radical (unpaired) electrons. The molecule has 2 aromatic heterocycles. The number of rotatable bonds is 2. The quantitative estimate of drug-likeness (QED) is 0.833. The predicted octanol–water partition coefficient (Wildman–Crippen LogP) is 1.73. The monoisotopic (exact) mass is 217 g/mol. The summed E-state index contributed by atoms with van der Waals surface area (Å²) in [7, 11) is 0. The summed E-state index contributed by atoms with van der Waals surface area (Å²) in [6, 6.07) is 4.27. The highest BCUT2D eigenvalue weighted by molar-refractivity contribution is 5.30. The molecule has 1 aliphatic rings. The van der Waals surface area contributed by atoms with Crippen LogP contribution in [0.25, 0.3) is 0 Å². The van der Waals surface area contributed by atoms with Crippen molar-refractivity contribution in [2.24, 2.45) is 0 Å². The van der Waals surface area contributed by atoms with Crippen LogP contribution in [-0.4, -0.2) is 16.3 Å². The summed E-state index contributed by atoms with van der Waals surface area (Å²) >= 11 is 0. The number of hydrogen-bond acceptors (Lipinski definition) is 3. The van der Waals surface area contributed by atoms with Crippen LogP contribution in [0, 0.1) is 0 Å². The van der Waals surface area contributed by atoms with E-state index in [-0.39, 0.29) is 6.04 Å². The Hall–Kier alpha value is -1.55. The average molecular weight is 217 g/mol. The smallest absolute Gasteiger partial charge is 0.130 e. The Labute approximate surface area is 94.3 Å². The number of aromatic nitrogens is 2. The van der Waals surface area contributed by atoms with Crippen molar-refractivity contribution in [3.63, 3.8) is 0 Å². The molecule has 0 spiro atoms. The molecule has 1 aliphatic heterocycles. The van der Waals surface area contributed by atoms with Crippen LogP contribution >= 0.6 is 0 Å². The topological polar surface area (TPSA) is 43.0 Å². The summed E-state index contributed by atoms with van der Waals surface area (Å²) in [5, 5.41) is 7.79. The van der Waals surface area contributed by atoms with Gasteiger partial charge in [0.1, 0.15) is 11.8 Å². The van der Waals surface area contributed by atoms with Crippen LogP contribution in [0.2, 0.25) is 0 Å². The lowest BCUT2D eigenvalue weighted by Gasteiger charge is -2.23. The molecule has 3 rings (SSSR count). The average Bonchev–Trinajstić information content (AvgIpc) is 2.96. The molecule has 0 aromatic carbocycles. The van der Waals surface area contributed by atoms with Crippen molar-refractivity contribution >= 4 is 0 Å². The third-order valence-corrected chi connectivity index (χ3v) is 3.13. The van der Waals surface area contributed by atoms with Crippen molar-refractivity contribution in [1.82, 2.24) is 15.1 Å². The van der Waals surface area contributed by atoms with Crippen LogP contribution in [0.1, 0.15) is 30.0 Å². The maximum atomic E-state index is 5.59. The van der Waals surface area contributed by atoms with E-state index in [1.165, 1.54) is 11.3 Å². The molecule has 0 aliphatic carbocycles. The van der Waals surface area contributed by atoms with Gasteiger partial charge >= 0.3 is 0 Å². The second-order valence-corrected chi connectivity index (χ2v) is 4.02. The summed E-state index contributed by atoms with van der Waals surface area (Å²) in [6.07, 6.45) is 4.66. The van der Waals surface area contributed by atoms with Crippen LogP contribution in [0.15, 0.2) is 29.0 Å². The zero-order valence-corrected chi connectivity index (χ0v) is 9.31. The minimum Gasteiger partial charge on any atom is -0.467 e. The van der Waals surface area contributed by atoms with E-state index < -0.39 is 0 Å². The fourth-order valence-electron chi connectivity index (χ4n) is 2.34. The van der Waals surface area contributed by atoms with E-state index >= 15 is 0 Å². The van der Waals surface area contributed by atoms with Gasteiger partial charge in [0.05, 0.1) is 12.0 Å². The highest BCUT2D eigenvalue weighted by Gasteiger charge is 2.26. The molecule has 0 bridgehead atoms. The van der Waals surface area contributed by atoms with E-state index in [2.05, 4.69) is 29.5 Å². The van der Waals surface area contributed by atoms with Gasteiger partial charge in [-0.25, -0.2) is 0 Å². The van der Waals surface area contributed by atoms with Crippen LogP contribution in [0.3, 0.4) is 0 Å². The fraction of sp³-hybridized carbons (Fsp3) is 0.417. The van der Waals surface area contributed by atoms with Gasteiger partial charge in [0, 0.05) is 19.3 Å². The Bertz CT molecular complexity index is 486. The van der Waals surface area contributed by atoms with Gasteiger partial charge in [-0.3, -0.25) is 4.68 Å². The number of nitrogens with one attached hydrogen (secondary N) is 1. The van der Waals surface area contributed by atoms with E-state index in [1.807, 2.05) is 10.9 Å². The first kappa shape index (κ1) is 9.66. The third-order valence-electron chi connectivity index (χ3n) is 3.13. The molecular weight excluding hydrogens is 202 g/mol. The van der Waals surface area contributed by atoms with Crippen molar-refractivity contribution < 1.29 is 4.42 Å². The lowest BCUT2D eigenvalue weighted by molar-refractivity contribution is 0.407. The molecular formula is C12H15N3O. The summed E-state index contributed by atoms with van der Waals surface area (Å²) in [4.78, 5) is 0. The number of fused-ring (bicyclic) bond motifs is 1. The molecule has 0 saturated carbocycles. The van der Waals surface area contributed by atoms with E-state index in [9.17, 15) is 0 Å². The summed E-state index contributed by atoms with van der Waals surface area (Å²) < 4.78 is 7.60. The van der Waals surface area contributed by atoms with E-state index in [0.29, 0.717) is 0 Å². The van der Waals surface area contributed by atoms with Crippen molar-refractivity contribution in [2.45, 2.75) is 25.9 Å². The van der Waals surface area contributed by atoms with Crippen LogP contribution in [-0.2, 0) is 13.0 Å². The summed E-state index contributed by atoms with van der Waals surface area (Å²) in [5.74, 6) is 1.04. The molecule has 1 unspecified atom stereocenters. The van der Waals surface area contributed by atoms with Gasteiger partial charge in [0.2, 0.25) is 0 Å². The Kier molecular flexibility index (Phi) is 2.29. The van der Waals surface area contributed by atoms with E-state index in [4.69, 9.17) is 4.42 Å². The Morgan fingerprint density at radius 2 is 2.50 bits per heavy atom. The van der Waals surface area contributed by atoms with Crippen molar-refractivity contribution in [2.75, 3.05) is 6.54 Å².